The van der Waals surface area contributed by atoms with Crippen molar-refractivity contribution in [2.45, 2.75) is 6.04 Å². The average molecular weight is 341 g/mol. The first-order chi connectivity index (χ1) is 12.1. The van der Waals surface area contributed by atoms with E-state index in [1.165, 1.54) is 12.1 Å². The summed E-state index contributed by atoms with van der Waals surface area (Å²) >= 11 is 0. The summed E-state index contributed by atoms with van der Waals surface area (Å²) in [7, 11) is 0. The van der Waals surface area contributed by atoms with E-state index in [9.17, 15) is 14.0 Å². The zero-order chi connectivity index (χ0) is 17.8. The number of hydrogen-bond acceptors (Lipinski definition) is 3. The molecule has 1 saturated heterocycles. The summed E-state index contributed by atoms with van der Waals surface area (Å²) < 4.78 is 13.1. The van der Waals surface area contributed by atoms with Crippen molar-refractivity contribution in [3.05, 3.63) is 71.5 Å². The van der Waals surface area contributed by atoms with Gasteiger partial charge in [0.2, 0.25) is 5.91 Å². The molecule has 1 aliphatic heterocycles. The standard InChI is InChI=1S/C19H20FN3O2/c20-16-8-6-14(7-9-16)17(18(21)24)22-10-12-23(13-11-22)19(25)15-4-2-1-3-5-15/h1-9,17H,10-13H2,(H2,21,24). The molecule has 0 aliphatic carbocycles. The molecule has 0 radical (unpaired) electrons. The Bertz CT molecular complexity index is 741. The molecule has 0 aromatic heterocycles. The van der Waals surface area contributed by atoms with Crippen molar-refractivity contribution in [2.75, 3.05) is 26.2 Å². The van der Waals surface area contributed by atoms with Gasteiger partial charge in [0, 0.05) is 31.7 Å². The highest BCUT2D eigenvalue weighted by atomic mass is 19.1. The van der Waals surface area contributed by atoms with Crippen LogP contribution in [0.1, 0.15) is 22.0 Å². The molecule has 25 heavy (non-hydrogen) atoms. The lowest BCUT2D eigenvalue weighted by Gasteiger charge is -2.38. The molecular formula is C19H20FN3O2. The second-order valence-electron chi connectivity index (χ2n) is 6.05. The largest absolute Gasteiger partial charge is 0.368 e. The van der Waals surface area contributed by atoms with E-state index < -0.39 is 11.9 Å². The number of rotatable bonds is 4. The summed E-state index contributed by atoms with van der Waals surface area (Å²) in [6.07, 6.45) is 0. The highest BCUT2D eigenvalue weighted by Crippen LogP contribution is 2.23. The van der Waals surface area contributed by atoms with Crippen LogP contribution in [0.5, 0.6) is 0 Å². The van der Waals surface area contributed by atoms with Crippen LogP contribution >= 0.6 is 0 Å². The summed E-state index contributed by atoms with van der Waals surface area (Å²) in [4.78, 5) is 28.1. The fraction of sp³-hybridized carbons (Fsp3) is 0.263. The maximum absolute atomic E-state index is 13.1. The van der Waals surface area contributed by atoms with Crippen molar-refractivity contribution in [2.24, 2.45) is 5.73 Å². The first-order valence-corrected chi connectivity index (χ1v) is 8.19. The van der Waals surface area contributed by atoms with Gasteiger partial charge in [-0.3, -0.25) is 14.5 Å². The molecular weight excluding hydrogens is 321 g/mol. The van der Waals surface area contributed by atoms with E-state index in [1.54, 1.807) is 29.2 Å². The molecule has 0 spiro atoms. The van der Waals surface area contributed by atoms with Gasteiger partial charge < -0.3 is 10.6 Å². The molecule has 2 amide bonds. The Kier molecular flexibility index (Phi) is 5.09. The fourth-order valence-corrected chi connectivity index (χ4v) is 3.15. The number of halogens is 1. The van der Waals surface area contributed by atoms with Crippen LogP contribution < -0.4 is 5.73 Å². The highest BCUT2D eigenvalue weighted by Gasteiger charge is 2.30. The second kappa shape index (κ2) is 7.44. The van der Waals surface area contributed by atoms with E-state index in [-0.39, 0.29) is 11.7 Å². The zero-order valence-corrected chi connectivity index (χ0v) is 13.8. The number of benzene rings is 2. The third-order valence-corrected chi connectivity index (χ3v) is 4.44. The average Bonchev–Trinajstić information content (AvgIpc) is 2.64. The highest BCUT2D eigenvalue weighted by molar-refractivity contribution is 5.94. The number of amides is 2. The number of primary amides is 1. The first-order valence-electron chi connectivity index (χ1n) is 8.19. The van der Waals surface area contributed by atoms with Crippen molar-refractivity contribution in [1.29, 1.82) is 0 Å². The van der Waals surface area contributed by atoms with Crippen LogP contribution in [0.15, 0.2) is 54.6 Å². The Labute approximate surface area is 145 Å². The number of carbonyl (C=O) groups excluding carboxylic acids is 2. The molecule has 0 saturated carbocycles. The summed E-state index contributed by atoms with van der Waals surface area (Å²) in [6, 6.07) is 14.3. The van der Waals surface area contributed by atoms with Gasteiger partial charge in [0.1, 0.15) is 11.9 Å². The van der Waals surface area contributed by atoms with E-state index in [2.05, 4.69) is 0 Å². The summed E-state index contributed by atoms with van der Waals surface area (Å²) in [5.74, 6) is -0.850. The predicted octanol–water partition coefficient (Wildman–Crippen LogP) is 1.81. The first kappa shape index (κ1) is 17.1. The Morgan fingerprint density at radius 3 is 2.08 bits per heavy atom. The molecule has 1 heterocycles. The van der Waals surface area contributed by atoms with Crippen LogP contribution in [0, 0.1) is 5.82 Å². The maximum Gasteiger partial charge on any atom is 0.253 e. The van der Waals surface area contributed by atoms with Gasteiger partial charge in [-0.05, 0) is 29.8 Å². The van der Waals surface area contributed by atoms with E-state index in [0.717, 1.165) is 0 Å². The molecule has 3 rings (SSSR count). The summed E-state index contributed by atoms with van der Waals surface area (Å²) in [5, 5.41) is 0. The van der Waals surface area contributed by atoms with Crippen molar-refractivity contribution in [3.8, 4) is 0 Å². The van der Waals surface area contributed by atoms with Crippen LogP contribution in [-0.4, -0.2) is 47.8 Å². The van der Waals surface area contributed by atoms with Gasteiger partial charge in [-0.25, -0.2) is 4.39 Å². The van der Waals surface area contributed by atoms with Gasteiger partial charge in [0.25, 0.3) is 5.91 Å². The fourth-order valence-electron chi connectivity index (χ4n) is 3.15. The molecule has 1 unspecified atom stereocenters. The van der Waals surface area contributed by atoms with Crippen molar-refractivity contribution in [3.63, 3.8) is 0 Å². The monoisotopic (exact) mass is 341 g/mol. The minimum atomic E-state index is -0.616. The lowest BCUT2D eigenvalue weighted by Crippen LogP contribution is -2.51. The van der Waals surface area contributed by atoms with Crippen LogP contribution in [0.2, 0.25) is 0 Å². The van der Waals surface area contributed by atoms with E-state index in [1.807, 2.05) is 23.1 Å². The van der Waals surface area contributed by atoms with E-state index in [4.69, 9.17) is 5.73 Å². The zero-order valence-electron chi connectivity index (χ0n) is 13.8. The lowest BCUT2D eigenvalue weighted by atomic mass is 10.0. The Morgan fingerprint density at radius 2 is 1.52 bits per heavy atom. The lowest BCUT2D eigenvalue weighted by molar-refractivity contribution is -0.124. The van der Waals surface area contributed by atoms with Crippen molar-refractivity contribution in [1.82, 2.24) is 9.80 Å². The van der Waals surface area contributed by atoms with Crippen molar-refractivity contribution < 1.29 is 14.0 Å². The SMILES string of the molecule is NC(=O)C(c1ccc(F)cc1)N1CCN(C(=O)c2ccccc2)CC1. The van der Waals surface area contributed by atoms with Crippen LogP contribution in [0.3, 0.4) is 0 Å². The Hall–Kier alpha value is -2.73. The van der Waals surface area contributed by atoms with E-state index in [0.29, 0.717) is 37.3 Å². The number of hydrogen-bond donors (Lipinski definition) is 1. The van der Waals surface area contributed by atoms with Gasteiger partial charge in [0.15, 0.2) is 0 Å². The molecule has 1 aliphatic rings. The molecule has 6 heteroatoms. The van der Waals surface area contributed by atoms with E-state index >= 15 is 0 Å². The third-order valence-electron chi connectivity index (χ3n) is 4.44. The van der Waals surface area contributed by atoms with Crippen LogP contribution in [0.25, 0.3) is 0 Å². The minimum Gasteiger partial charge on any atom is -0.368 e. The second-order valence-corrected chi connectivity index (χ2v) is 6.05. The van der Waals surface area contributed by atoms with Gasteiger partial charge in [-0.1, -0.05) is 30.3 Å². The van der Waals surface area contributed by atoms with Crippen LogP contribution in [0.4, 0.5) is 4.39 Å². The molecule has 2 N–H and O–H groups in total. The quantitative estimate of drug-likeness (QED) is 0.922. The molecule has 1 fully saturated rings. The van der Waals surface area contributed by atoms with Gasteiger partial charge in [0.05, 0.1) is 0 Å². The molecule has 0 bridgehead atoms. The van der Waals surface area contributed by atoms with Crippen molar-refractivity contribution >= 4 is 11.8 Å². The molecule has 2 aromatic rings. The minimum absolute atomic E-state index is 0.0161. The summed E-state index contributed by atoms with van der Waals surface area (Å²) in [5.41, 5.74) is 6.89. The van der Waals surface area contributed by atoms with Crippen LogP contribution in [-0.2, 0) is 4.79 Å². The topological polar surface area (TPSA) is 66.6 Å². The summed E-state index contributed by atoms with van der Waals surface area (Å²) in [6.45, 7) is 2.09. The molecule has 2 aromatic carbocycles. The number of piperazine rings is 1. The molecule has 1 atom stereocenters. The van der Waals surface area contributed by atoms with Gasteiger partial charge in [-0.2, -0.15) is 0 Å². The number of nitrogens with two attached hydrogens (primary N) is 1. The Morgan fingerprint density at radius 1 is 0.920 bits per heavy atom. The normalized spacial score (nSPS) is 16.4. The number of nitrogens with zero attached hydrogens (tertiary/aromatic N) is 2. The Balaban J connectivity index is 1.68. The van der Waals surface area contributed by atoms with Gasteiger partial charge in [-0.15, -0.1) is 0 Å². The molecule has 130 valence electrons. The number of carbonyl (C=O) groups is 2. The maximum atomic E-state index is 13.1. The van der Waals surface area contributed by atoms with Gasteiger partial charge >= 0.3 is 0 Å². The molecule has 5 nitrogen and oxygen atoms in total. The predicted molar refractivity (Wildman–Crippen MR) is 92.3 cm³/mol. The smallest absolute Gasteiger partial charge is 0.253 e. The third kappa shape index (κ3) is 3.85.